The summed E-state index contributed by atoms with van der Waals surface area (Å²) in [5.74, 6) is 0. The SMILES string of the molecule is CC1(C)c2ccccc2-c2ccc(N(c3ccc(-c4ccc5c(c4)oc4ccccc45)cc3)c3ccc4c(c3)C3(c5ccccc5-4)c4ccccc4C(c4ccccc4)(c4ccccc4)c4ccccc43)cc21.c1ccc(N(c2ccc3c(c2)C2(c4ccccc4-3)c3ccccc3C(c3ccccc3)(c3ccccc3)c3ccccc32)c2cccc3oc4ccccc4c23)cc1. The molecule has 27 rings (SSSR count). The Labute approximate surface area is 762 Å². The maximum absolute atomic E-state index is 6.47. The predicted molar refractivity (Wildman–Crippen MR) is 538 cm³/mol. The average Bonchev–Trinajstić information content (AvgIpc) is 1.60. The smallest absolute Gasteiger partial charge is 0.137 e. The molecule has 0 unspecified atom stereocenters. The molecule has 0 bridgehead atoms. The van der Waals surface area contributed by atoms with E-state index in [0.29, 0.717) is 0 Å². The molecule has 2 heterocycles. The Morgan fingerprint density at radius 3 is 0.947 bits per heavy atom. The number of nitrogens with zero attached hydrogens (tertiary/aromatic N) is 2. The number of benzene rings is 20. The van der Waals surface area contributed by atoms with Crippen LogP contribution in [0.2, 0.25) is 0 Å². The van der Waals surface area contributed by atoms with Gasteiger partial charge in [0.2, 0.25) is 0 Å². The molecule has 4 nitrogen and oxygen atoms in total. The van der Waals surface area contributed by atoms with Crippen LogP contribution in [0.4, 0.5) is 34.1 Å². The molecule has 131 heavy (non-hydrogen) atoms. The van der Waals surface area contributed by atoms with Crippen LogP contribution in [0.5, 0.6) is 0 Å². The van der Waals surface area contributed by atoms with Gasteiger partial charge in [-0.3, -0.25) is 0 Å². The minimum Gasteiger partial charge on any atom is -0.456 e. The molecule has 20 aromatic carbocycles. The van der Waals surface area contributed by atoms with Crippen molar-refractivity contribution in [2.24, 2.45) is 0 Å². The molecular weight excluding hydrogens is 1590 g/mol. The van der Waals surface area contributed by atoms with E-state index in [9.17, 15) is 0 Å². The van der Waals surface area contributed by atoms with Gasteiger partial charge in [-0.2, -0.15) is 0 Å². The normalized spacial score (nSPS) is 14.5. The lowest BCUT2D eigenvalue weighted by molar-refractivity contribution is 0.623. The number of rotatable bonds is 11. The van der Waals surface area contributed by atoms with Crippen LogP contribution in [0.3, 0.4) is 0 Å². The zero-order chi connectivity index (χ0) is 86.7. The van der Waals surface area contributed by atoms with Crippen LogP contribution in [-0.2, 0) is 27.1 Å². The summed E-state index contributed by atoms with van der Waals surface area (Å²) in [6, 6.07) is 180. The van der Waals surface area contributed by atoms with Crippen LogP contribution in [-0.4, -0.2) is 0 Å². The van der Waals surface area contributed by atoms with Gasteiger partial charge in [-0.1, -0.05) is 402 Å². The molecule has 0 atom stereocenters. The maximum Gasteiger partial charge on any atom is 0.137 e. The van der Waals surface area contributed by atoms with Crippen LogP contribution >= 0.6 is 0 Å². The fraction of sp³-hybridized carbons (Fsp3) is 0.0551. The number of furan rings is 2. The zero-order valence-corrected chi connectivity index (χ0v) is 72.4. The number of para-hydroxylation sites is 3. The summed E-state index contributed by atoms with van der Waals surface area (Å²) in [5, 5.41) is 4.48. The number of anilines is 6. The predicted octanol–water partition coefficient (Wildman–Crippen LogP) is 32.2. The molecule has 0 saturated carbocycles. The number of hydrogen-bond acceptors (Lipinski definition) is 4. The first-order chi connectivity index (χ1) is 64.7. The Hall–Kier alpha value is -16.4. The van der Waals surface area contributed by atoms with E-state index in [4.69, 9.17) is 8.83 Å². The third-order valence-electron chi connectivity index (χ3n) is 29.6. The summed E-state index contributed by atoms with van der Waals surface area (Å²) in [4.78, 5) is 4.90. The van der Waals surface area contributed by atoms with E-state index < -0.39 is 21.7 Å². The molecule has 5 aliphatic carbocycles. The van der Waals surface area contributed by atoms with Crippen molar-refractivity contribution >= 4 is 78.0 Å². The minimum absolute atomic E-state index is 0.171. The van der Waals surface area contributed by atoms with Gasteiger partial charge in [-0.25, -0.2) is 0 Å². The highest BCUT2D eigenvalue weighted by atomic mass is 16.3. The standard InChI is InChI=1S/C71H49NO.C56H37NO/c1-69(2)59-26-12-9-23-53(59)55-41-38-51(44-65(55)69)72(50-36-33-46(34-37-50)47-35-40-58-57-25-11-18-32-67(57)73-68(58)43-47)52-39-42-56-54-24-10-13-27-60(54)71(66(56)45-52)63-30-16-14-28-61(63)70(48-19-5-3-6-20-48,49-21-7-4-8-22-49)62-29-15-17-31-64(62)71;1-4-19-38(20-5-1)55(39-21-6-2-7-22-39)46-28-13-15-30-48(46)56(49-31-16-14-29-47(49)55)45-27-12-10-25-42(45)43-36-35-41(37-50(43)56)57(40-23-8-3-9-24-40)51-32-18-34-53-54(51)44-26-11-17-33-52(44)58-53/h3-45H,1-2H3;1-37H. The van der Waals surface area contributed by atoms with E-state index in [1.807, 2.05) is 18.2 Å². The highest BCUT2D eigenvalue weighted by Crippen LogP contribution is 2.68. The van der Waals surface area contributed by atoms with E-state index in [0.717, 1.165) is 89.1 Å². The summed E-state index contributed by atoms with van der Waals surface area (Å²) < 4.78 is 12.8. The highest BCUT2D eigenvalue weighted by Gasteiger charge is 2.59. The molecule has 0 amide bonds. The van der Waals surface area contributed by atoms with Gasteiger partial charge in [0, 0.05) is 50.0 Å². The fourth-order valence-corrected chi connectivity index (χ4v) is 24.4. The van der Waals surface area contributed by atoms with Gasteiger partial charge >= 0.3 is 0 Å². The molecule has 2 aromatic heterocycles. The highest BCUT2D eigenvalue weighted by molar-refractivity contribution is 6.14. The molecule has 616 valence electrons. The second-order valence-corrected chi connectivity index (χ2v) is 36.2. The molecule has 0 aliphatic heterocycles. The van der Waals surface area contributed by atoms with E-state index >= 15 is 0 Å². The summed E-state index contributed by atoms with van der Waals surface area (Å²) in [6.45, 7) is 4.75. The summed E-state index contributed by atoms with van der Waals surface area (Å²) in [7, 11) is 0. The van der Waals surface area contributed by atoms with Crippen molar-refractivity contribution in [2.75, 3.05) is 9.80 Å². The molecule has 22 aromatic rings. The topological polar surface area (TPSA) is 32.8 Å². The Morgan fingerprint density at radius 2 is 0.481 bits per heavy atom. The van der Waals surface area contributed by atoms with Crippen molar-refractivity contribution in [3.05, 3.63) is 585 Å². The second kappa shape index (κ2) is 29.3. The third kappa shape index (κ3) is 10.8. The first-order valence-corrected chi connectivity index (χ1v) is 45.7. The van der Waals surface area contributed by atoms with Crippen LogP contribution in [0.15, 0.2) is 494 Å². The lowest BCUT2D eigenvalue weighted by Crippen LogP contribution is -2.44. The molecule has 5 aliphatic rings. The number of hydrogen-bond donors (Lipinski definition) is 0. The maximum atomic E-state index is 6.47. The van der Waals surface area contributed by atoms with Crippen molar-refractivity contribution in [3.8, 4) is 44.5 Å². The second-order valence-electron chi connectivity index (χ2n) is 36.2. The molecule has 0 fully saturated rings. The van der Waals surface area contributed by atoms with E-state index in [1.165, 1.54) is 134 Å². The molecule has 0 N–H and O–H groups in total. The van der Waals surface area contributed by atoms with Crippen molar-refractivity contribution < 1.29 is 8.83 Å². The van der Waals surface area contributed by atoms with Gasteiger partial charge in [0.25, 0.3) is 0 Å². The average molecular weight is 1670 g/mol. The molecule has 0 radical (unpaired) electrons. The molecule has 4 heteroatoms. The summed E-state index contributed by atoms with van der Waals surface area (Å²) in [5.41, 5.74) is 40.9. The minimum atomic E-state index is -0.630. The Bertz CT molecular complexity index is 8150. The lowest BCUT2D eigenvalue weighted by atomic mass is 9.51. The van der Waals surface area contributed by atoms with Gasteiger partial charge < -0.3 is 18.6 Å². The van der Waals surface area contributed by atoms with Gasteiger partial charge in [0.1, 0.15) is 22.3 Å². The monoisotopic (exact) mass is 1670 g/mol. The molecular formula is C127H86N2O2. The van der Waals surface area contributed by atoms with E-state index in [-0.39, 0.29) is 5.41 Å². The summed E-state index contributed by atoms with van der Waals surface area (Å²) in [6.07, 6.45) is 0. The van der Waals surface area contributed by atoms with Gasteiger partial charge in [0.05, 0.1) is 32.7 Å². The van der Waals surface area contributed by atoms with Gasteiger partial charge in [-0.15, -0.1) is 0 Å². The lowest BCUT2D eigenvalue weighted by Gasteiger charge is -2.50. The van der Waals surface area contributed by atoms with Crippen LogP contribution < -0.4 is 9.80 Å². The summed E-state index contributed by atoms with van der Waals surface area (Å²) >= 11 is 0. The quantitative estimate of drug-likeness (QED) is 0.129. The Morgan fingerprint density at radius 1 is 0.176 bits per heavy atom. The molecule has 2 spiro atoms. The van der Waals surface area contributed by atoms with Crippen LogP contribution in [0.25, 0.3) is 88.4 Å². The largest absolute Gasteiger partial charge is 0.456 e. The first-order valence-electron chi connectivity index (χ1n) is 45.7. The van der Waals surface area contributed by atoms with Crippen molar-refractivity contribution in [1.82, 2.24) is 0 Å². The van der Waals surface area contributed by atoms with E-state index in [2.05, 4.69) is 491 Å². The van der Waals surface area contributed by atoms with Gasteiger partial charge in [-0.05, 0) is 242 Å². The van der Waals surface area contributed by atoms with Crippen LogP contribution in [0.1, 0.15) is 114 Å². The molecule has 0 saturated heterocycles. The van der Waals surface area contributed by atoms with E-state index in [1.54, 1.807) is 0 Å². The fourth-order valence-electron chi connectivity index (χ4n) is 24.4. The van der Waals surface area contributed by atoms with Gasteiger partial charge in [0.15, 0.2) is 0 Å². The number of fused-ring (bicyclic) bond motifs is 27. The Kier molecular flexibility index (Phi) is 17.0. The zero-order valence-electron chi connectivity index (χ0n) is 72.4. The first kappa shape index (κ1) is 75.9. The third-order valence-corrected chi connectivity index (χ3v) is 29.6. The van der Waals surface area contributed by atoms with Crippen molar-refractivity contribution in [3.63, 3.8) is 0 Å². The van der Waals surface area contributed by atoms with Crippen molar-refractivity contribution in [2.45, 2.75) is 40.9 Å². The van der Waals surface area contributed by atoms with Crippen LogP contribution in [0, 0.1) is 0 Å². The van der Waals surface area contributed by atoms with Crippen molar-refractivity contribution in [1.29, 1.82) is 0 Å². The Balaban J connectivity index is 0.000000141.